The van der Waals surface area contributed by atoms with Crippen molar-refractivity contribution in [3.05, 3.63) is 138 Å². The van der Waals surface area contributed by atoms with Crippen molar-refractivity contribution < 1.29 is 28.9 Å². The van der Waals surface area contributed by atoms with Crippen molar-refractivity contribution in [3.63, 3.8) is 0 Å². The second kappa shape index (κ2) is 16.4. The van der Waals surface area contributed by atoms with Crippen LogP contribution in [0.3, 0.4) is 0 Å². The van der Waals surface area contributed by atoms with Crippen molar-refractivity contribution in [2.24, 2.45) is 5.92 Å². The Morgan fingerprint density at radius 1 is 0.788 bits per heavy atom. The Morgan fingerprint density at radius 2 is 1.54 bits per heavy atom. The molecule has 52 heavy (non-hydrogen) atoms. The fraction of sp³-hybridized carbons (Fsp3) is 0.261. The van der Waals surface area contributed by atoms with E-state index in [-0.39, 0.29) is 25.9 Å². The van der Waals surface area contributed by atoms with Gasteiger partial charge in [-0.1, -0.05) is 48.6 Å². The molecule has 3 heterocycles. The average Bonchev–Trinajstić information content (AvgIpc) is 3.46. The van der Waals surface area contributed by atoms with E-state index in [1.165, 1.54) is 11.1 Å². The van der Waals surface area contributed by atoms with E-state index in [4.69, 9.17) is 9.40 Å². The third-order valence-electron chi connectivity index (χ3n) is 9.34. The molecule has 0 bridgehead atoms. The molecule has 4 aromatic carbocycles. The number of nitrogens with zero attached hydrogens (tertiary/aromatic N) is 2. The van der Waals surface area contributed by atoms with Crippen LogP contribution in [0.15, 0.2) is 102 Å². The minimum atomic E-state index is -1.86. The largest absolute Gasteiger partial charge is 0.501 e. The molecule has 0 N–H and O–H groups in total. The predicted octanol–water partition coefficient (Wildman–Crippen LogP) is 12.3. The van der Waals surface area contributed by atoms with Crippen LogP contribution in [-0.2, 0) is 26.5 Å². The normalized spacial score (nSPS) is 11.5. The van der Waals surface area contributed by atoms with Gasteiger partial charge in [0.1, 0.15) is 11.4 Å². The topological polar surface area (TPSA) is 38.9 Å². The van der Waals surface area contributed by atoms with E-state index in [1.807, 2.05) is 62.5 Å². The van der Waals surface area contributed by atoms with Crippen LogP contribution < -0.4 is 4.40 Å². The molecule has 269 valence electrons. The van der Waals surface area contributed by atoms with Gasteiger partial charge in [-0.05, 0) is 72.0 Å². The summed E-state index contributed by atoms with van der Waals surface area (Å²) in [6.45, 7) is 12.8. The number of pyridine rings is 2. The molecule has 7 rings (SSSR count). The number of aryl methyl sites for hydroxylation is 2. The summed E-state index contributed by atoms with van der Waals surface area (Å²) in [4.78, 5) is 9.28. The molecular formula is C46H47FGeIrN2O-2. The molecule has 0 atom stereocenters. The average molecular weight is 928 g/mol. The van der Waals surface area contributed by atoms with E-state index in [0.29, 0.717) is 11.8 Å². The van der Waals surface area contributed by atoms with Crippen molar-refractivity contribution in [3.8, 4) is 33.6 Å². The van der Waals surface area contributed by atoms with Gasteiger partial charge in [0, 0.05) is 31.7 Å². The van der Waals surface area contributed by atoms with Crippen LogP contribution in [-0.4, -0.2) is 23.2 Å². The molecule has 0 spiro atoms. The van der Waals surface area contributed by atoms with Gasteiger partial charge >= 0.3 is 126 Å². The van der Waals surface area contributed by atoms with Crippen LogP contribution in [0.4, 0.5) is 4.39 Å². The van der Waals surface area contributed by atoms with Crippen LogP contribution in [0.2, 0.25) is 17.3 Å². The zero-order valence-electron chi connectivity index (χ0n) is 31.6. The van der Waals surface area contributed by atoms with E-state index >= 15 is 0 Å². The Hall–Kier alpha value is -3.90. The van der Waals surface area contributed by atoms with Gasteiger partial charge in [0.2, 0.25) is 0 Å². The summed E-state index contributed by atoms with van der Waals surface area (Å²) < 4.78 is 21.7. The molecule has 6 heteroatoms. The number of benzene rings is 4. The van der Waals surface area contributed by atoms with Gasteiger partial charge in [0.05, 0.1) is 5.58 Å². The summed E-state index contributed by atoms with van der Waals surface area (Å²) in [7, 11) is 0. The van der Waals surface area contributed by atoms with Gasteiger partial charge in [0.15, 0.2) is 0 Å². The van der Waals surface area contributed by atoms with Crippen LogP contribution in [0, 0.1) is 37.7 Å². The van der Waals surface area contributed by atoms with Crippen molar-refractivity contribution >= 4 is 39.6 Å². The predicted molar refractivity (Wildman–Crippen MR) is 215 cm³/mol. The fourth-order valence-corrected chi connectivity index (χ4v) is 10.2. The summed E-state index contributed by atoms with van der Waals surface area (Å²) in [6.07, 6.45) is 5.12. The van der Waals surface area contributed by atoms with E-state index in [0.717, 1.165) is 73.1 Å². The van der Waals surface area contributed by atoms with E-state index < -0.39 is 13.3 Å². The second-order valence-corrected chi connectivity index (χ2v) is 25.9. The molecule has 7 aromatic rings. The second-order valence-electron chi connectivity index (χ2n) is 15.3. The van der Waals surface area contributed by atoms with E-state index in [1.54, 1.807) is 16.5 Å². The van der Waals surface area contributed by atoms with Crippen molar-refractivity contribution in [1.29, 1.82) is 0 Å². The number of hydrogen-bond donors (Lipinski definition) is 0. The first-order valence-electron chi connectivity index (χ1n) is 17.9. The molecule has 0 saturated heterocycles. The molecule has 0 aliphatic heterocycles. The summed E-state index contributed by atoms with van der Waals surface area (Å²) in [6, 6.07) is 34.5. The van der Waals surface area contributed by atoms with Crippen LogP contribution in [0.25, 0.3) is 55.6 Å². The zero-order chi connectivity index (χ0) is 36.4. The molecule has 0 aliphatic carbocycles. The smallest absolute Gasteiger partial charge is 0.123 e. The minimum absolute atomic E-state index is 0. The SMILES string of the molecule is CC(C)Cc1cc(-c2[c-]cccc2)nc[c]1[Ge]([CH3])([CH3])[CH3].Cc1cc(F)cc(C)c1-c1ccc2c(c1)oc1c(-c3cc(C(C)C)ccn3)[c-]ccc12.[Ir]. The first-order valence-corrected chi connectivity index (χ1v) is 25.2. The van der Waals surface area contributed by atoms with Crippen LogP contribution in [0.1, 0.15) is 55.9 Å². The maximum absolute atomic E-state index is 13.8. The monoisotopic (exact) mass is 929 g/mol. The summed E-state index contributed by atoms with van der Waals surface area (Å²) in [5.74, 6) is 8.20. The molecule has 0 aliphatic rings. The first-order chi connectivity index (χ1) is 24.3. The molecule has 1 radical (unpaired) electrons. The maximum Gasteiger partial charge on any atom is 0.123 e. The summed E-state index contributed by atoms with van der Waals surface area (Å²) >= 11 is -1.86. The molecule has 0 saturated carbocycles. The van der Waals surface area contributed by atoms with Gasteiger partial charge in [0.25, 0.3) is 0 Å². The number of halogens is 1. The fourth-order valence-electron chi connectivity index (χ4n) is 6.88. The number of hydrogen-bond acceptors (Lipinski definition) is 3. The van der Waals surface area contributed by atoms with Crippen molar-refractivity contribution in [1.82, 2.24) is 9.97 Å². The number of furan rings is 1. The molecule has 0 fully saturated rings. The van der Waals surface area contributed by atoms with E-state index in [9.17, 15) is 4.39 Å². The van der Waals surface area contributed by atoms with Crippen LogP contribution >= 0.6 is 0 Å². The Bertz CT molecular complexity index is 2300. The molecule has 3 nitrogen and oxygen atoms in total. The number of rotatable bonds is 7. The number of fused-ring (bicyclic) bond motifs is 3. The third kappa shape index (κ3) is 8.65. The third-order valence-corrected chi connectivity index (χ3v) is 13.7. The van der Waals surface area contributed by atoms with Crippen molar-refractivity contribution in [2.75, 3.05) is 0 Å². The Labute approximate surface area is 324 Å². The van der Waals surface area contributed by atoms with Gasteiger partial charge < -0.3 is 9.40 Å². The molecule has 0 unspecified atom stereocenters. The number of aromatic nitrogens is 2. The maximum atomic E-state index is 13.8. The molecule has 0 amide bonds. The first kappa shape index (κ1) is 39.3. The molecule has 3 aromatic heterocycles. The quantitative estimate of drug-likeness (QED) is 0.118. The van der Waals surface area contributed by atoms with Crippen molar-refractivity contribution in [2.45, 2.75) is 71.1 Å². The standard InChI is InChI=1S/C28H23FNO.C18H24GeN.Ir/c1-16(2)19-10-11-30-25(14-19)24-7-5-6-23-22-9-8-20(15-26(22)31-28(23)24)27-17(3)12-21(29)13-18(27)4;1-14(2)11-16-12-18(15-9-7-6-8-10-15)20-13-17(16)19(3,4)5;/h5-6,8-16H,1-4H3;6-9,12-14H,11H2,1-5H3;/q2*-1;. The van der Waals surface area contributed by atoms with Gasteiger partial charge in [-0.25, -0.2) is 4.39 Å². The Balaban J connectivity index is 0.000000217. The van der Waals surface area contributed by atoms with Gasteiger partial charge in [-0.2, -0.15) is 0 Å². The Morgan fingerprint density at radius 3 is 2.19 bits per heavy atom. The van der Waals surface area contributed by atoms with Gasteiger partial charge in [-0.15, -0.1) is 18.2 Å². The van der Waals surface area contributed by atoms with E-state index in [2.05, 4.69) is 98.6 Å². The Kier molecular flexibility index (Phi) is 12.4. The summed E-state index contributed by atoms with van der Waals surface area (Å²) in [5, 5.41) is 2.09. The minimum Gasteiger partial charge on any atom is -0.501 e. The zero-order valence-corrected chi connectivity index (χ0v) is 36.1. The molecular weight excluding hydrogens is 880 g/mol. The van der Waals surface area contributed by atoms with Gasteiger partial charge in [-0.3, -0.25) is 0 Å². The van der Waals surface area contributed by atoms with Crippen LogP contribution in [0.5, 0.6) is 0 Å². The summed E-state index contributed by atoms with van der Waals surface area (Å²) in [5.41, 5.74) is 12.1.